The van der Waals surface area contributed by atoms with Crippen molar-refractivity contribution in [1.29, 1.82) is 0 Å². The molecule has 150 valence electrons. The van der Waals surface area contributed by atoms with Crippen molar-refractivity contribution >= 4 is 23.6 Å². The third-order valence-electron chi connectivity index (χ3n) is 4.71. The average Bonchev–Trinajstić information content (AvgIpc) is 3.10. The lowest BCUT2D eigenvalue weighted by atomic mass is 10.1. The van der Waals surface area contributed by atoms with Crippen molar-refractivity contribution in [2.24, 2.45) is 4.99 Å². The van der Waals surface area contributed by atoms with Crippen LogP contribution < -0.4 is 10.6 Å². The number of guanidine groups is 1. The second-order valence-electron chi connectivity index (χ2n) is 6.62. The van der Waals surface area contributed by atoms with Gasteiger partial charge in [0.05, 0.1) is 0 Å². The van der Waals surface area contributed by atoms with Crippen LogP contribution in [-0.2, 0) is 4.79 Å². The normalized spacial score (nSPS) is 15.9. The molecule has 1 aliphatic heterocycles. The summed E-state index contributed by atoms with van der Waals surface area (Å²) in [6.45, 7) is 4.67. The monoisotopic (exact) mass is 394 g/mol. The lowest BCUT2D eigenvalue weighted by Gasteiger charge is -2.27. The maximum absolute atomic E-state index is 12.9. The van der Waals surface area contributed by atoms with E-state index in [1.54, 1.807) is 18.8 Å². The van der Waals surface area contributed by atoms with Gasteiger partial charge in [0, 0.05) is 44.0 Å². The topological polar surface area (TPSA) is 56.7 Å². The molecular formula is C20H31FN4OS. The predicted molar refractivity (Wildman–Crippen MR) is 111 cm³/mol. The first-order chi connectivity index (χ1) is 13.1. The molecule has 1 saturated heterocycles. The van der Waals surface area contributed by atoms with Crippen molar-refractivity contribution in [2.75, 3.05) is 32.4 Å². The number of hydrogen-bond acceptors (Lipinski definition) is 3. The van der Waals surface area contributed by atoms with Crippen molar-refractivity contribution in [3.63, 3.8) is 0 Å². The third-order valence-corrected chi connectivity index (χ3v) is 5.81. The zero-order valence-corrected chi connectivity index (χ0v) is 17.2. The van der Waals surface area contributed by atoms with Gasteiger partial charge in [0.1, 0.15) is 5.82 Å². The van der Waals surface area contributed by atoms with Gasteiger partial charge in [-0.1, -0.05) is 6.92 Å². The van der Waals surface area contributed by atoms with Gasteiger partial charge in [-0.3, -0.25) is 9.79 Å². The van der Waals surface area contributed by atoms with Crippen LogP contribution in [-0.4, -0.2) is 55.2 Å². The minimum Gasteiger partial charge on any atom is -0.356 e. The predicted octanol–water partition coefficient (Wildman–Crippen LogP) is 3.26. The Balaban J connectivity index is 1.59. The SMILES string of the molecule is CCC(CCNC(=NC)NCCCSc1ccc(F)cc1)N1CCCC1=O. The number of carbonyl (C=O) groups is 1. The number of carbonyl (C=O) groups excluding carboxylic acids is 1. The average molecular weight is 395 g/mol. The number of amides is 1. The largest absolute Gasteiger partial charge is 0.356 e. The van der Waals surface area contributed by atoms with E-state index in [0.29, 0.717) is 18.4 Å². The Labute approximate surface area is 166 Å². The highest BCUT2D eigenvalue weighted by Gasteiger charge is 2.26. The summed E-state index contributed by atoms with van der Waals surface area (Å²) in [6.07, 6.45) is 4.59. The zero-order valence-electron chi connectivity index (χ0n) is 16.3. The van der Waals surface area contributed by atoms with Crippen molar-refractivity contribution < 1.29 is 9.18 Å². The molecule has 0 spiro atoms. The molecule has 0 radical (unpaired) electrons. The molecule has 1 amide bonds. The van der Waals surface area contributed by atoms with E-state index in [0.717, 1.165) is 61.9 Å². The van der Waals surface area contributed by atoms with Gasteiger partial charge >= 0.3 is 0 Å². The molecule has 0 aromatic heterocycles. The Morgan fingerprint density at radius 2 is 2.04 bits per heavy atom. The van der Waals surface area contributed by atoms with Gasteiger partial charge in [-0.2, -0.15) is 0 Å². The van der Waals surface area contributed by atoms with Crippen LogP contribution in [0.5, 0.6) is 0 Å². The summed E-state index contributed by atoms with van der Waals surface area (Å²) in [7, 11) is 1.77. The number of nitrogens with zero attached hydrogens (tertiary/aromatic N) is 2. The second-order valence-corrected chi connectivity index (χ2v) is 7.79. The summed E-state index contributed by atoms with van der Waals surface area (Å²) in [5.74, 6) is 1.85. The summed E-state index contributed by atoms with van der Waals surface area (Å²) in [5, 5.41) is 6.66. The first kappa shape index (κ1) is 21.5. The van der Waals surface area contributed by atoms with E-state index in [-0.39, 0.29) is 5.82 Å². The molecule has 0 saturated carbocycles. The number of benzene rings is 1. The summed E-state index contributed by atoms with van der Waals surface area (Å²) in [4.78, 5) is 19.3. The van der Waals surface area contributed by atoms with E-state index in [9.17, 15) is 9.18 Å². The number of thioether (sulfide) groups is 1. The van der Waals surface area contributed by atoms with E-state index >= 15 is 0 Å². The fourth-order valence-corrected chi connectivity index (χ4v) is 4.07. The maximum Gasteiger partial charge on any atom is 0.222 e. The Hall–Kier alpha value is -1.76. The highest BCUT2D eigenvalue weighted by atomic mass is 32.2. The van der Waals surface area contributed by atoms with E-state index in [1.165, 1.54) is 12.1 Å². The molecule has 1 heterocycles. The summed E-state index contributed by atoms with van der Waals surface area (Å²) < 4.78 is 12.9. The Morgan fingerprint density at radius 3 is 2.67 bits per heavy atom. The van der Waals surface area contributed by atoms with Crippen molar-refractivity contribution in [3.8, 4) is 0 Å². The minimum absolute atomic E-state index is 0.199. The molecule has 1 aromatic carbocycles. The second kappa shape index (κ2) is 11.8. The van der Waals surface area contributed by atoms with Gasteiger partial charge in [0.15, 0.2) is 5.96 Å². The molecule has 5 nitrogen and oxygen atoms in total. The lowest BCUT2D eigenvalue weighted by molar-refractivity contribution is -0.129. The fourth-order valence-electron chi connectivity index (χ4n) is 3.21. The van der Waals surface area contributed by atoms with Crippen LogP contribution in [0.3, 0.4) is 0 Å². The van der Waals surface area contributed by atoms with Crippen LogP contribution in [0.1, 0.15) is 39.0 Å². The van der Waals surface area contributed by atoms with Gasteiger partial charge in [-0.25, -0.2) is 4.39 Å². The zero-order chi connectivity index (χ0) is 19.5. The first-order valence-electron chi connectivity index (χ1n) is 9.76. The molecule has 1 aromatic rings. The van der Waals surface area contributed by atoms with Crippen LogP contribution in [0.15, 0.2) is 34.2 Å². The number of nitrogens with one attached hydrogen (secondary N) is 2. The summed E-state index contributed by atoms with van der Waals surface area (Å²) >= 11 is 1.72. The van der Waals surface area contributed by atoms with Crippen LogP contribution >= 0.6 is 11.8 Å². The molecule has 2 rings (SSSR count). The Morgan fingerprint density at radius 1 is 1.30 bits per heavy atom. The van der Waals surface area contributed by atoms with Crippen LogP contribution in [0, 0.1) is 5.82 Å². The highest BCUT2D eigenvalue weighted by Crippen LogP contribution is 2.19. The van der Waals surface area contributed by atoms with Gasteiger partial charge in [-0.05, 0) is 55.7 Å². The summed E-state index contributed by atoms with van der Waals surface area (Å²) in [6, 6.07) is 6.92. The Bertz CT molecular complexity index is 609. The molecule has 7 heteroatoms. The van der Waals surface area contributed by atoms with Crippen molar-refractivity contribution in [2.45, 2.75) is 50.0 Å². The van der Waals surface area contributed by atoms with Gasteiger partial charge in [-0.15, -0.1) is 11.8 Å². The van der Waals surface area contributed by atoms with Gasteiger partial charge in [0.25, 0.3) is 0 Å². The lowest BCUT2D eigenvalue weighted by Crippen LogP contribution is -2.42. The highest BCUT2D eigenvalue weighted by molar-refractivity contribution is 7.99. The van der Waals surface area contributed by atoms with E-state index in [2.05, 4.69) is 22.5 Å². The third kappa shape index (κ3) is 7.40. The molecule has 0 aliphatic carbocycles. The molecule has 1 atom stereocenters. The van der Waals surface area contributed by atoms with E-state index in [1.807, 2.05) is 17.0 Å². The van der Waals surface area contributed by atoms with Crippen molar-refractivity contribution in [1.82, 2.24) is 15.5 Å². The molecule has 1 aliphatic rings. The number of hydrogen-bond donors (Lipinski definition) is 2. The Kier molecular flexibility index (Phi) is 9.45. The molecule has 27 heavy (non-hydrogen) atoms. The van der Waals surface area contributed by atoms with E-state index in [4.69, 9.17) is 0 Å². The smallest absolute Gasteiger partial charge is 0.222 e. The first-order valence-corrected chi connectivity index (χ1v) is 10.7. The standard InChI is InChI=1S/C20H31FN4OS/c1-3-17(25-14-4-6-19(25)26)11-13-24-20(22-2)23-12-5-15-27-18-9-7-16(21)8-10-18/h7-10,17H,3-6,11-15H2,1-2H3,(H2,22,23,24). The molecule has 0 bridgehead atoms. The number of aliphatic imine (C=N–C) groups is 1. The minimum atomic E-state index is -0.199. The van der Waals surface area contributed by atoms with Crippen LogP contribution in [0.4, 0.5) is 4.39 Å². The van der Waals surface area contributed by atoms with Crippen LogP contribution in [0.25, 0.3) is 0 Å². The van der Waals surface area contributed by atoms with Crippen LogP contribution in [0.2, 0.25) is 0 Å². The molecule has 2 N–H and O–H groups in total. The van der Waals surface area contributed by atoms with Crippen molar-refractivity contribution in [3.05, 3.63) is 30.1 Å². The van der Waals surface area contributed by atoms with Gasteiger partial charge in [0.2, 0.25) is 5.91 Å². The van der Waals surface area contributed by atoms with E-state index < -0.39 is 0 Å². The van der Waals surface area contributed by atoms with Gasteiger partial charge < -0.3 is 15.5 Å². The quantitative estimate of drug-likeness (QED) is 0.277. The maximum atomic E-state index is 12.9. The molecule has 1 fully saturated rings. The molecule has 1 unspecified atom stereocenters. The molecular weight excluding hydrogens is 363 g/mol. The number of rotatable bonds is 10. The fraction of sp³-hybridized carbons (Fsp3) is 0.600. The summed E-state index contributed by atoms with van der Waals surface area (Å²) in [5.41, 5.74) is 0. The number of halogens is 1. The number of likely N-dealkylation sites (tertiary alicyclic amines) is 1.